The smallest absolute Gasteiger partial charge is 0.338 e. The molecule has 0 spiro atoms. The van der Waals surface area contributed by atoms with Crippen LogP contribution in [0, 0.1) is 0 Å². The molecule has 1 aliphatic carbocycles. The van der Waals surface area contributed by atoms with E-state index in [0.29, 0.717) is 28.9 Å². The van der Waals surface area contributed by atoms with Crippen molar-refractivity contribution in [2.24, 2.45) is 0 Å². The number of hydrogen-bond acceptors (Lipinski definition) is 5. The Morgan fingerprint density at radius 2 is 1.66 bits per heavy atom. The molecule has 1 aliphatic rings. The van der Waals surface area contributed by atoms with Crippen molar-refractivity contribution in [3.8, 4) is 22.4 Å². The minimum atomic E-state index is -0.421. The Hall–Kier alpha value is -4.26. The number of carbonyl (C=O) groups is 2. The van der Waals surface area contributed by atoms with E-state index in [1.807, 2.05) is 36.4 Å². The van der Waals surface area contributed by atoms with Crippen LogP contribution < -0.4 is 10.9 Å². The molecule has 0 radical (unpaired) electrons. The minimum absolute atomic E-state index is 0.228. The van der Waals surface area contributed by atoms with Crippen LogP contribution in [-0.4, -0.2) is 28.3 Å². The molecule has 0 atom stereocenters. The highest BCUT2D eigenvalue weighted by Gasteiger charge is 2.25. The van der Waals surface area contributed by atoms with Gasteiger partial charge >= 0.3 is 5.97 Å². The number of benzene rings is 3. The predicted molar refractivity (Wildman–Crippen MR) is 121 cm³/mol. The minimum Gasteiger partial charge on any atom is -0.462 e. The first-order chi connectivity index (χ1) is 15.6. The zero-order chi connectivity index (χ0) is 22.2. The van der Waals surface area contributed by atoms with Crippen LogP contribution in [-0.2, 0) is 16.1 Å². The molecule has 158 valence electrons. The number of aromatic nitrogens is 2. The van der Waals surface area contributed by atoms with E-state index in [9.17, 15) is 14.4 Å². The molecule has 0 saturated heterocycles. The second-order valence-electron chi connectivity index (χ2n) is 7.43. The third kappa shape index (κ3) is 3.24. The Bertz CT molecular complexity index is 1440. The molecule has 32 heavy (non-hydrogen) atoms. The SMILES string of the molecule is CCOC(=O)c1ccc(NC(=O)Cn2nc3c4c(cccc4c2=O)-c2ccccc2-3)cc1. The van der Waals surface area contributed by atoms with Crippen LogP contribution in [0.15, 0.2) is 71.5 Å². The maximum absolute atomic E-state index is 13.0. The van der Waals surface area contributed by atoms with Crippen LogP contribution in [0.25, 0.3) is 33.2 Å². The van der Waals surface area contributed by atoms with Gasteiger partial charge in [-0.2, -0.15) is 5.10 Å². The van der Waals surface area contributed by atoms with Gasteiger partial charge < -0.3 is 10.1 Å². The van der Waals surface area contributed by atoms with Gasteiger partial charge in [0.2, 0.25) is 5.91 Å². The van der Waals surface area contributed by atoms with Gasteiger partial charge in [-0.25, -0.2) is 9.48 Å². The highest BCUT2D eigenvalue weighted by atomic mass is 16.5. The summed E-state index contributed by atoms with van der Waals surface area (Å²) in [5.74, 6) is -0.813. The summed E-state index contributed by atoms with van der Waals surface area (Å²) in [6.07, 6.45) is 0. The standard InChI is InChI=1S/C25H19N3O4/c1-2-32-25(31)15-10-12-16(13-11-15)26-21(29)14-28-24(30)20-9-5-8-18-17-6-3-4-7-19(17)23(27-28)22(18)20/h3-13H,2,14H2,1H3,(H,26,29). The number of ether oxygens (including phenoxy) is 1. The number of rotatable bonds is 5. The monoisotopic (exact) mass is 425 g/mol. The van der Waals surface area contributed by atoms with Crippen molar-refractivity contribution in [2.75, 3.05) is 11.9 Å². The highest BCUT2D eigenvalue weighted by Crippen LogP contribution is 2.44. The summed E-state index contributed by atoms with van der Waals surface area (Å²) in [4.78, 5) is 37.5. The second-order valence-corrected chi connectivity index (χ2v) is 7.43. The fraction of sp³-hybridized carbons (Fsp3) is 0.120. The normalized spacial score (nSPS) is 11.3. The molecular formula is C25H19N3O4. The lowest BCUT2D eigenvalue weighted by Crippen LogP contribution is -2.30. The van der Waals surface area contributed by atoms with E-state index in [2.05, 4.69) is 10.4 Å². The van der Waals surface area contributed by atoms with Crippen LogP contribution in [0.3, 0.4) is 0 Å². The lowest BCUT2D eigenvalue weighted by molar-refractivity contribution is -0.117. The maximum atomic E-state index is 13.0. The summed E-state index contributed by atoms with van der Waals surface area (Å²) in [6.45, 7) is 1.80. The van der Waals surface area contributed by atoms with Crippen molar-refractivity contribution >= 4 is 28.3 Å². The summed E-state index contributed by atoms with van der Waals surface area (Å²) in [7, 11) is 0. The number of esters is 1. The molecule has 5 rings (SSSR count). The van der Waals surface area contributed by atoms with E-state index >= 15 is 0 Å². The zero-order valence-electron chi connectivity index (χ0n) is 17.3. The van der Waals surface area contributed by atoms with E-state index in [0.717, 1.165) is 22.1 Å². The van der Waals surface area contributed by atoms with Crippen LogP contribution in [0.4, 0.5) is 5.69 Å². The Morgan fingerprint density at radius 3 is 2.41 bits per heavy atom. The van der Waals surface area contributed by atoms with E-state index in [1.54, 1.807) is 37.3 Å². The van der Waals surface area contributed by atoms with Crippen LogP contribution >= 0.6 is 0 Å². The van der Waals surface area contributed by atoms with Gasteiger partial charge in [-0.3, -0.25) is 9.59 Å². The summed E-state index contributed by atoms with van der Waals surface area (Å²) < 4.78 is 6.15. The fourth-order valence-electron chi connectivity index (χ4n) is 4.03. The lowest BCUT2D eigenvalue weighted by Gasteiger charge is -2.10. The molecule has 1 aromatic heterocycles. The van der Waals surface area contributed by atoms with Gasteiger partial charge in [0, 0.05) is 16.6 Å². The highest BCUT2D eigenvalue weighted by molar-refractivity contribution is 6.13. The number of carbonyl (C=O) groups excluding carboxylic acids is 2. The molecular weight excluding hydrogens is 406 g/mol. The number of nitrogens with zero attached hydrogens (tertiary/aromatic N) is 2. The maximum Gasteiger partial charge on any atom is 0.338 e. The van der Waals surface area contributed by atoms with E-state index < -0.39 is 11.9 Å². The molecule has 0 unspecified atom stereocenters. The van der Waals surface area contributed by atoms with E-state index in [-0.39, 0.29) is 12.1 Å². The zero-order valence-corrected chi connectivity index (χ0v) is 17.3. The van der Waals surface area contributed by atoms with E-state index in [1.165, 1.54) is 4.68 Å². The summed E-state index contributed by atoms with van der Waals surface area (Å²) in [5, 5.41) is 8.64. The topological polar surface area (TPSA) is 90.3 Å². The lowest BCUT2D eigenvalue weighted by atomic mass is 10.0. The molecule has 1 amide bonds. The van der Waals surface area contributed by atoms with Crippen molar-refractivity contribution in [3.63, 3.8) is 0 Å². The average molecular weight is 425 g/mol. The quantitative estimate of drug-likeness (QED) is 0.432. The molecule has 1 N–H and O–H groups in total. The number of amides is 1. The van der Waals surface area contributed by atoms with Crippen LogP contribution in [0.5, 0.6) is 0 Å². The summed E-state index contributed by atoms with van der Waals surface area (Å²) >= 11 is 0. The number of fused-ring (bicyclic) bond motifs is 3. The molecule has 0 fully saturated rings. The van der Waals surface area contributed by atoms with Crippen LogP contribution in [0.2, 0.25) is 0 Å². The Kier molecular flexibility index (Phi) is 4.78. The van der Waals surface area contributed by atoms with Crippen molar-refractivity contribution in [1.82, 2.24) is 9.78 Å². The molecule has 0 saturated carbocycles. The Labute approximate surface area is 183 Å². The van der Waals surface area contributed by atoms with E-state index in [4.69, 9.17) is 4.74 Å². The third-order valence-corrected chi connectivity index (χ3v) is 5.43. The average Bonchev–Trinajstić information content (AvgIpc) is 3.12. The molecule has 3 aromatic carbocycles. The van der Waals surface area contributed by atoms with Crippen molar-refractivity contribution in [3.05, 3.63) is 82.6 Å². The molecule has 0 aliphatic heterocycles. The van der Waals surface area contributed by atoms with Crippen molar-refractivity contribution in [1.29, 1.82) is 0 Å². The first-order valence-electron chi connectivity index (χ1n) is 10.3. The van der Waals surface area contributed by atoms with Gasteiger partial charge in [-0.05, 0) is 48.4 Å². The van der Waals surface area contributed by atoms with Crippen molar-refractivity contribution < 1.29 is 14.3 Å². The number of anilines is 1. The first-order valence-corrected chi connectivity index (χ1v) is 10.3. The Balaban J connectivity index is 1.43. The third-order valence-electron chi connectivity index (χ3n) is 5.43. The van der Waals surface area contributed by atoms with Crippen LogP contribution in [0.1, 0.15) is 17.3 Å². The van der Waals surface area contributed by atoms with Gasteiger partial charge in [-0.1, -0.05) is 36.4 Å². The molecule has 4 aromatic rings. The number of nitrogens with one attached hydrogen (secondary N) is 1. The largest absolute Gasteiger partial charge is 0.462 e. The first kappa shape index (κ1) is 19.7. The Morgan fingerprint density at radius 1 is 0.938 bits per heavy atom. The van der Waals surface area contributed by atoms with Crippen molar-refractivity contribution in [2.45, 2.75) is 13.5 Å². The second kappa shape index (κ2) is 7.77. The summed E-state index contributed by atoms with van der Waals surface area (Å²) in [5.41, 5.74) is 4.26. The van der Waals surface area contributed by atoms with Gasteiger partial charge in [0.15, 0.2) is 0 Å². The van der Waals surface area contributed by atoms with Gasteiger partial charge in [-0.15, -0.1) is 0 Å². The molecule has 7 heteroatoms. The number of hydrogen-bond donors (Lipinski definition) is 1. The van der Waals surface area contributed by atoms with Gasteiger partial charge in [0.1, 0.15) is 12.2 Å². The fourth-order valence-corrected chi connectivity index (χ4v) is 4.03. The molecule has 7 nitrogen and oxygen atoms in total. The molecule has 1 heterocycles. The summed E-state index contributed by atoms with van der Waals surface area (Å²) in [6, 6.07) is 19.8. The predicted octanol–water partition coefficient (Wildman–Crippen LogP) is 3.86. The van der Waals surface area contributed by atoms with Gasteiger partial charge in [0.05, 0.1) is 17.6 Å². The molecule has 0 bridgehead atoms. The van der Waals surface area contributed by atoms with Gasteiger partial charge in [0.25, 0.3) is 5.56 Å².